The van der Waals surface area contributed by atoms with Crippen molar-refractivity contribution in [3.8, 4) is 0 Å². The highest BCUT2D eigenvalue weighted by Crippen LogP contribution is 2.23. The summed E-state index contributed by atoms with van der Waals surface area (Å²) in [6.07, 6.45) is 20.3. The molecule has 0 spiro atoms. The molecule has 0 aliphatic heterocycles. The fourth-order valence-electron chi connectivity index (χ4n) is 4.53. The molecule has 29 heavy (non-hydrogen) atoms. The van der Waals surface area contributed by atoms with Gasteiger partial charge in [0.25, 0.3) is 5.91 Å². The minimum atomic E-state index is 0.264. The average Bonchev–Trinajstić information content (AvgIpc) is 2.76. The number of rotatable bonds is 15. The van der Waals surface area contributed by atoms with Crippen LogP contribution in [0.2, 0.25) is 0 Å². The Morgan fingerprint density at radius 3 is 1.83 bits per heavy atom. The second-order valence-electron chi connectivity index (χ2n) is 9.02. The lowest BCUT2D eigenvalue weighted by atomic mass is 9.90. The minimum absolute atomic E-state index is 0.264. The molecule has 0 N–H and O–H groups in total. The van der Waals surface area contributed by atoms with Crippen molar-refractivity contribution in [2.45, 2.75) is 117 Å². The van der Waals surface area contributed by atoms with Gasteiger partial charge in [0.05, 0.1) is 0 Å². The number of hydrogen-bond donors (Lipinski definition) is 0. The van der Waals surface area contributed by atoms with E-state index in [0.717, 1.165) is 37.9 Å². The highest BCUT2D eigenvalue weighted by atomic mass is 16.2. The predicted molar refractivity (Wildman–Crippen MR) is 126 cm³/mol. The number of carbonyl (C=O) groups excluding carboxylic acids is 1. The molecule has 0 radical (unpaired) electrons. The topological polar surface area (TPSA) is 20.3 Å². The summed E-state index contributed by atoms with van der Waals surface area (Å²) in [7, 11) is 0. The normalized spacial score (nSPS) is 13.3. The summed E-state index contributed by atoms with van der Waals surface area (Å²) in [6.45, 7) is 6.38. The Morgan fingerprint density at radius 1 is 0.724 bits per heavy atom. The number of benzene rings is 1. The number of aryl methyl sites for hydroxylation is 2. The van der Waals surface area contributed by atoms with Gasteiger partial charge in [-0.1, -0.05) is 84.1 Å². The molecule has 0 atom stereocenters. The first-order valence-corrected chi connectivity index (χ1v) is 12.7. The van der Waals surface area contributed by atoms with Crippen molar-refractivity contribution in [2.24, 2.45) is 0 Å². The monoisotopic (exact) mass is 399 g/mol. The Hall–Kier alpha value is -1.31. The van der Waals surface area contributed by atoms with Crippen LogP contribution in [0.1, 0.15) is 125 Å². The van der Waals surface area contributed by atoms with Crippen LogP contribution in [0.3, 0.4) is 0 Å². The average molecular weight is 400 g/mol. The molecule has 0 saturated heterocycles. The first-order valence-electron chi connectivity index (χ1n) is 12.7. The van der Waals surface area contributed by atoms with Crippen molar-refractivity contribution in [1.82, 2.24) is 4.90 Å². The number of amides is 1. The molecule has 2 rings (SSSR count). The molecule has 1 aromatic rings. The van der Waals surface area contributed by atoms with Crippen molar-refractivity contribution in [3.05, 3.63) is 34.9 Å². The lowest BCUT2D eigenvalue weighted by Gasteiger charge is -2.24. The molecular formula is C27H45NO. The van der Waals surface area contributed by atoms with Crippen LogP contribution >= 0.6 is 0 Å². The van der Waals surface area contributed by atoms with Gasteiger partial charge >= 0.3 is 0 Å². The number of nitrogens with zero attached hydrogens (tertiary/aromatic N) is 1. The SMILES string of the molecule is CCCCCCCCN(CCCCCCCC)C(=O)c1ccc2c(c1)CCCC2. The van der Waals surface area contributed by atoms with Crippen LogP contribution in [0.15, 0.2) is 18.2 Å². The molecule has 0 heterocycles. The van der Waals surface area contributed by atoms with E-state index in [-0.39, 0.29) is 5.91 Å². The third-order valence-corrected chi connectivity index (χ3v) is 6.45. The summed E-state index contributed by atoms with van der Waals surface area (Å²) < 4.78 is 0. The number of hydrogen-bond acceptors (Lipinski definition) is 1. The minimum Gasteiger partial charge on any atom is -0.339 e. The summed E-state index contributed by atoms with van der Waals surface area (Å²) in [6, 6.07) is 6.50. The zero-order valence-corrected chi connectivity index (χ0v) is 19.3. The molecule has 1 aliphatic carbocycles. The van der Waals surface area contributed by atoms with E-state index in [1.807, 2.05) is 0 Å². The number of unbranched alkanes of at least 4 members (excludes halogenated alkanes) is 10. The van der Waals surface area contributed by atoms with E-state index in [2.05, 4.69) is 36.9 Å². The van der Waals surface area contributed by atoms with Crippen molar-refractivity contribution in [1.29, 1.82) is 0 Å². The molecule has 0 fully saturated rings. The van der Waals surface area contributed by atoms with Gasteiger partial charge < -0.3 is 4.90 Å². The van der Waals surface area contributed by atoms with E-state index >= 15 is 0 Å². The largest absolute Gasteiger partial charge is 0.339 e. The Morgan fingerprint density at radius 2 is 1.24 bits per heavy atom. The van der Waals surface area contributed by atoms with Crippen molar-refractivity contribution in [3.63, 3.8) is 0 Å². The summed E-state index contributed by atoms with van der Waals surface area (Å²) in [4.78, 5) is 15.4. The Bertz CT molecular complexity index is 564. The Labute approximate surface area is 180 Å². The first-order chi connectivity index (χ1) is 14.3. The zero-order valence-electron chi connectivity index (χ0n) is 19.3. The third-order valence-electron chi connectivity index (χ3n) is 6.45. The molecule has 0 saturated carbocycles. The highest BCUT2D eigenvalue weighted by molar-refractivity contribution is 5.94. The summed E-state index contributed by atoms with van der Waals surface area (Å²) in [5.41, 5.74) is 3.80. The molecular weight excluding hydrogens is 354 g/mol. The molecule has 164 valence electrons. The lowest BCUT2D eigenvalue weighted by Crippen LogP contribution is -2.33. The molecule has 0 bridgehead atoms. The lowest BCUT2D eigenvalue weighted by molar-refractivity contribution is 0.0749. The second kappa shape index (κ2) is 14.6. The fraction of sp³-hybridized carbons (Fsp3) is 0.741. The molecule has 1 aromatic carbocycles. The van der Waals surface area contributed by atoms with Gasteiger partial charge in [-0.15, -0.1) is 0 Å². The van der Waals surface area contributed by atoms with Crippen molar-refractivity contribution in [2.75, 3.05) is 13.1 Å². The van der Waals surface area contributed by atoms with Crippen LogP contribution in [-0.4, -0.2) is 23.9 Å². The summed E-state index contributed by atoms with van der Waals surface area (Å²) >= 11 is 0. The van der Waals surface area contributed by atoms with Crippen LogP contribution in [0.25, 0.3) is 0 Å². The fourth-order valence-corrected chi connectivity index (χ4v) is 4.53. The quantitative estimate of drug-likeness (QED) is 0.276. The molecule has 1 amide bonds. The summed E-state index contributed by atoms with van der Waals surface area (Å²) in [5.74, 6) is 0.264. The maximum absolute atomic E-state index is 13.3. The van der Waals surface area contributed by atoms with Crippen LogP contribution in [0, 0.1) is 0 Å². The first kappa shape index (κ1) is 24.0. The third kappa shape index (κ3) is 8.93. The molecule has 2 nitrogen and oxygen atoms in total. The summed E-state index contributed by atoms with van der Waals surface area (Å²) in [5, 5.41) is 0. The van der Waals surface area contributed by atoms with Crippen molar-refractivity contribution < 1.29 is 4.79 Å². The maximum atomic E-state index is 13.3. The molecule has 1 aliphatic rings. The van der Waals surface area contributed by atoms with Gasteiger partial charge in [-0.25, -0.2) is 0 Å². The number of carbonyl (C=O) groups is 1. The Balaban J connectivity index is 1.88. The van der Waals surface area contributed by atoms with Gasteiger partial charge in [-0.05, 0) is 61.8 Å². The van der Waals surface area contributed by atoms with Gasteiger partial charge in [0.15, 0.2) is 0 Å². The van der Waals surface area contributed by atoms with E-state index in [1.54, 1.807) is 0 Å². The van der Waals surface area contributed by atoms with Gasteiger partial charge in [0.2, 0.25) is 0 Å². The van der Waals surface area contributed by atoms with Gasteiger partial charge in [-0.3, -0.25) is 4.79 Å². The van der Waals surface area contributed by atoms with E-state index < -0.39 is 0 Å². The smallest absolute Gasteiger partial charge is 0.253 e. The van der Waals surface area contributed by atoms with Crippen LogP contribution < -0.4 is 0 Å². The van der Waals surface area contributed by atoms with Crippen LogP contribution in [-0.2, 0) is 12.8 Å². The Kier molecular flexibility index (Phi) is 12.1. The van der Waals surface area contributed by atoms with Crippen LogP contribution in [0.4, 0.5) is 0 Å². The molecule has 2 heteroatoms. The molecule has 0 unspecified atom stereocenters. The van der Waals surface area contributed by atoms with Gasteiger partial charge in [0.1, 0.15) is 0 Å². The maximum Gasteiger partial charge on any atom is 0.253 e. The van der Waals surface area contributed by atoms with Crippen molar-refractivity contribution >= 4 is 5.91 Å². The zero-order chi connectivity index (χ0) is 20.7. The van der Waals surface area contributed by atoms with Gasteiger partial charge in [-0.2, -0.15) is 0 Å². The van der Waals surface area contributed by atoms with Crippen LogP contribution in [0.5, 0.6) is 0 Å². The van der Waals surface area contributed by atoms with E-state index in [1.165, 1.54) is 94.6 Å². The van der Waals surface area contributed by atoms with E-state index in [4.69, 9.17) is 0 Å². The predicted octanol–water partition coefficient (Wildman–Crippen LogP) is 7.73. The van der Waals surface area contributed by atoms with Gasteiger partial charge in [0, 0.05) is 18.7 Å². The van der Waals surface area contributed by atoms with E-state index in [0.29, 0.717) is 0 Å². The molecule has 0 aromatic heterocycles. The standard InChI is InChI=1S/C27H45NO/c1-3-5-7-9-11-15-21-28(22-16-12-10-8-6-4-2)27(29)26-20-19-24-17-13-14-18-25(24)23-26/h19-20,23H,3-18,21-22H2,1-2H3. The number of fused-ring (bicyclic) bond motifs is 1. The highest BCUT2D eigenvalue weighted by Gasteiger charge is 2.18. The van der Waals surface area contributed by atoms with E-state index in [9.17, 15) is 4.79 Å². The second-order valence-corrected chi connectivity index (χ2v) is 9.02.